The van der Waals surface area contributed by atoms with Gasteiger partial charge in [0.2, 0.25) is 0 Å². The van der Waals surface area contributed by atoms with E-state index >= 15 is 0 Å². The number of hydrogen-bond acceptors (Lipinski definition) is 2. The fourth-order valence-corrected chi connectivity index (χ4v) is 0.843. The number of ether oxygens (including phenoxy) is 1. The SMILES string of the molecule is COC(=O)/C=C(/F)c1ccccc1. The smallest absolute Gasteiger partial charge is 0.333 e. The van der Waals surface area contributed by atoms with Crippen molar-refractivity contribution in [3.05, 3.63) is 42.0 Å². The minimum atomic E-state index is -0.693. The van der Waals surface area contributed by atoms with Gasteiger partial charge < -0.3 is 4.74 Å². The van der Waals surface area contributed by atoms with E-state index < -0.39 is 11.8 Å². The molecule has 0 atom stereocenters. The van der Waals surface area contributed by atoms with Crippen LogP contribution in [0.25, 0.3) is 5.83 Å². The lowest BCUT2D eigenvalue weighted by Gasteiger charge is -1.95. The van der Waals surface area contributed by atoms with E-state index in [1.54, 1.807) is 30.3 Å². The maximum Gasteiger partial charge on any atom is 0.333 e. The van der Waals surface area contributed by atoms with Crippen molar-refractivity contribution in [2.45, 2.75) is 0 Å². The molecule has 68 valence electrons. The summed E-state index contributed by atoms with van der Waals surface area (Å²) in [4.78, 5) is 10.7. The number of rotatable bonds is 2. The fourth-order valence-electron chi connectivity index (χ4n) is 0.843. The van der Waals surface area contributed by atoms with Gasteiger partial charge in [0.15, 0.2) is 0 Å². The monoisotopic (exact) mass is 180 g/mol. The van der Waals surface area contributed by atoms with Crippen molar-refractivity contribution in [2.75, 3.05) is 7.11 Å². The van der Waals surface area contributed by atoms with Crippen LogP contribution in [0.15, 0.2) is 36.4 Å². The molecule has 3 heteroatoms. The van der Waals surface area contributed by atoms with Crippen molar-refractivity contribution in [3.63, 3.8) is 0 Å². The Hall–Kier alpha value is -1.64. The van der Waals surface area contributed by atoms with E-state index in [1.165, 1.54) is 7.11 Å². The van der Waals surface area contributed by atoms with Gasteiger partial charge >= 0.3 is 5.97 Å². The van der Waals surface area contributed by atoms with Crippen LogP contribution in [-0.4, -0.2) is 13.1 Å². The van der Waals surface area contributed by atoms with Crippen LogP contribution in [0.5, 0.6) is 0 Å². The Bertz CT molecular complexity index is 317. The third-order valence-corrected chi connectivity index (χ3v) is 1.50. The lowest BCUT2D eigenvalue weighted by atomic mass is 10.2. The number of esters is 1. The topological polar surface area (TPSA) is 26.3 Å². The van der Waals surface area contributed by atoms with Crippen LogP contribution >= 0.6 is 0 Å². The molecule has 1 aromatic rings. The fraction of sp³-hybridized carbons (Fsp3) is 0.100. The van der Waals surface area contributed by atoms with Crippen molar-refractivity contribution in [2.24, 2.45) is 0 Å². The van der Waals surface area contributed by atoms with Gasteiger partial charge in [0.1, 0.15) is 5.83 Å². The Balaban J connectivity index is 2.85. The predicted molar refractivity (Wildman–Crippen MR) is 47.5 cm³/mol. The zero-order chi connectivity index (χ0) is 9.68. The Morgan fingerprint density at radius 2 is 2.00 bits per heavy atom. The van der Waals surface area contributed by atoms with Gasteiger partial charge in [0.05, 0.1) is 13.2 Å². The number of hydrogen-bond donors (Lipinski definition) is 0. The van der Waals surface area contributed by atoms with Gasteiger partial charge in [0.25, 0.3) is 0 Å². The van der Waals surface area contributed by atoms with Crippen LogP contribution in [0.1, 0.15) is 5.56 Å². The molecule has 0 saturated carbocycles. The Kier molecular flexibility index (Phi) is 3.20. The van der Waals surface area contributed by atoms with Crippen molar-refractivity contribution in [1.82, 2.24) is 0 Å². The normalized spacial score (nSPS) is 11.1. The van der Waals surface area contributed by atoms with Gasteiger partial charge in [-0.25, -0.2) is 9.18 Å². The van der Waals surface area contributed by atoms with Crippen molar-refractivity contribution >= 4 is 11.8 Å². The molecule has 0 N–H and O–H groups in total. The molecule has 0 aliphatic rings. The van der Waals surface area contributed by atoms with Crippen molar-refractivity contribution in [3.8, 4) is 0 Å². The predicted octanol–water partition coefficient (Wildman–Crippen LogP) is 2.17. The van der Waals surface area contributed by atoms with Gasteiger partial charge in [-0.3, -0.25) is 0 Å². The van der Waals surface area contributed by atoms with Crippen molar-refractivity contribution in [1.29, 1.82) is 0 Å². The average Bonchev–Trinajstić information content (AvgIpc) is 2.19. The summed E-state index contributed by atoms with van der Waals surface area (Å²) in [6.07, 6.45) is 0.815. The van der Waals surface area contributed by atoms with Crippen LogP contribution in [0.3, 0.4) is 0 Å². The molecule has 0 bridgehead atoms. The summed E-state index contributed by atoms with van der Waals surface area (Å²) < 4.78 is 17.4. The van der Waals surface area contributed by atoms with Crippen LogP contribution in [0, 0.1) is 0 Å². The summed E-state index contributed by atoms with van der Waals surface area (Å²) in [5.74, 6) is -1.28. The van der Waals surface area contributed by atoms with Gasteiger partial charge in [-0.2, -0.15) is 0 Å². The Morgan fingerprint density at radius 3 is 2.54 bits per heavy atom. The standard InChI is InChI=1S/C10H9FO2/c1-13-10(12)7-9(11)8-5-3-2-4-6-8/h2-7H,1H3/b9-7+. The van der Waals surface area contributed by atoms with Crippen LogP contribution in [-0.2, 0) is 9.53 Å². The summed E-state index contributed by atoms with van der Waals surface area (Å²) in [6, 6.07) is 8.32. The van der Waals surface area contributed by atoms with Gasteiger partial charge in [-0.15, -0.1) is 0 Å². The molecule has 0 aliphatic heterocycles. The minimum absolute atomic E-state index is 0.368. The van der Waals surface area contributed by atoms with Crippen LogP contribution < -0.4 is 0 Å². The summed E-state index contributed by atoms with van der Waals surface area (Å²) in [7, 11) is 1.21. The first-order chi connectivity index (χ1) is 6.24. The highest BCUT2D eigenvalue weighted by atomic mass is 19.1. The second-order valence-corrected chi connectivity index (χ2v) is 2.38. The average molecular weight is 180 g/mol. The highest BCUT2D eigenvalue weighted by Crippen LogP contribution is 2.14. The quantitative estimate of drug-likeness (QED) is 0.515. The first-order valence-corrected chi connectivity index (χ1v) is 3.74. The van der Waals surface area contributed by atoms with E-state index in [1.807, 2.05) is 0 Å². The van der Waals surface area contributed by atoms with Gasteiger partial charge in [-0.1, -0.05) is 30.3 Å². The molecule has 0 amide bonds. The molecule has 13 heavy (non-hydrogen) atoms. The molecule has 0 fully saturated rings. The number of benzene rings is 1. The zero-order valence-corrected chi connectivity index (χ0v) is 7.16. The van der Waals surface area contributed by atoms with E-state index in [9.17, 15) is 9.18 Å². The molecular formula is C10H9FO2. The zero-order valence-electron chi connectivity index (χ0n) is 7.16. The lowest BCUT2D eigenvalue weighted by molar-refractivity contribution is -0.134. The molecule has 0 radical (unpaired) electrons. The first kappa shape index (κ1) is 9.45. The molecule has 0 unspecified atom stereocenters. The van der Waals surface area contributed by atoms with E-state index in [2.05, 4.69) is 4.74 Å². The number of carbonyl (C=O) groups excluding carboxylic acids is 1. The molecule has 1 rings (SSSR count). The molecule has 2 nitrogen and oxygen atoms in total. The minimum Gasteiger partial charge on any atom is -0.466 e. The van der Waals surface area contributed by atoms with Gasteiger partial charge in [-0.05, 0) is 0 Å². The molecule has 0 heterocycles. The van der Waals surface area contributed by atoms with E-state index in [0.29, 0.717) is 5.56 Å². The van der Waals surface area contributed by atoms with E-state index in [4.69, 9.17) is 0 Å². The maximum absolute atomic E-state index is 13.1. The largest absolute Gasteiger partial charge is 0.466 e. The van der Waals surface area contributed by atoms with Gasteiger partial charge in [0, 0.05) is 5.56 Å². The lowest BCUT2D eigenvalue weighted by Crippen LogP contribution is -1.95. The van der Waals surface area contributed by atoms with E-state index in [0.717, 1.165) is 6.08 Å². The summed E-state index contributed by atoms with van der Waals surface area (Å²) in [5, 5.41) is 0. The third-order valence-electron chi connectivity index (χ3n) is 1.50. The molecule has 0 aliphatic carbocycles. The molecular weight excluding hydrogens is 171 g/mol. The molecule has 0 spiro atoms. The van der Waals surface area contributed by atoms with Crippen LogP contribution in [0.4, 0.5) is 4.39 Å². The van der Waals surface area contributed by atoms with Crippen molar-refractivity contribution < 1.29 is 13.9 Å². The summed E-state index contributed by atoms with van der Waals surface area (Å²) in [5.41, 5.74) is 0.368. The molecule has 1 aromatic carbocycles. The third kappa shape index (κ3) is 2.71. The summed E-state index contributed by atoms with van der Waals surface area (Å²) in [6.45, 7) is 0. The summed E-state index contributed by atoms with van der Waals surface area (Å²) >= 11 is 0. The highest BCUT2D eigenvalue weighted by Gasteiger charge is 2.02. The Morgan fingerprint density at radius 1 is 1.38 bits per heavy atom. The first-order valence-electron chi connectivity index (χ1n) is 3.74. The molecule has 0 saturated heterocycles. The number of carbonyl (C=O) groups is 1. The van der Waals surface area contributed by atoms with E-state index in [-0.39, 0.29) is 0 Å². The maximum atomic E-state index is 13.1. The highest BCUT2D eigenvalue weighted by molar-refractivity contribution is 5.89. The Labute approximate surface area is 75.6 Å². The number of methoxy groups -OCH3 is 1. The second kappa shape index (κ2) is 4.40. The molecule has 0 aromatic heterocycles. The second-order valence-electron chi connectivity index (χ2n) is 2.38. The number of halogens is 1. The van der Waals surface area contributed by atoms with Crippen LogP contribution in [0.2, 0.25) is 0 Å².